The van der Waals surface area contributed by atoms with Crippen LogP contribution in [0, 0.1) is 0 Å². The Labute approximate surface area is 165 Å². The average molecular weight is 404 g/mol. The highest BCUT2D eigenvalue weighted by atomic mass is 35.5. The van der Waals surface area contributed by atoms with Crippen LogP contribution in [0.25, 0.3) is 11.4 Å². The van der Waals surface area contributed by atoms with Gasteiger partial charge in [0, 0.05) is 11.6 Å². The zero-order chi connectivity index (χ0) is 19.4. The summed E-state index contributed by atoms with van der Waals surface area (Å²) < 4.78 is 5.57. The zero-order valence-corrected chi connectivity index (χ0v) is 15.7. The molecule has 27 heavy (non-hydrogen) atoms. The minimum Gasteiger partial charge on any atom is -0.508 e. The van der Waals surface area contributed by atoms with Gasteiger partial charge >= 0.3 is 0 Å². The molecule has 1 amide bonds. The van der Waals surface area contributed by atoms with Crippen molar-refractivity contribution in [1.29, 1.82) is 0 Å². The van der Waals surface area contributed by atoms with E-state index in [1.165, 1.54) is 12.4 Å². The second kappa shape index (κ2) is 8.24. The number of carbonyl (C=O) groups excluding carboxylic acids is 1. The van der Waals surface area contributed by atoms with Gasteiger partial charge in [-0.05, 0) is 31.2 Å². The van der Waals surface area contributed by atoms with E-state index < -0.39 is 6.10 Å². The number of rotatable bonds is 5. The van der Waals surface area contributed by atoms with Crippen molar-refractivity contribution in [3.05, 3.63) is 64.9 Å². The highest BCUT2D eigenvalue weighted by Gasteiger charge is 2.16. The first-order chi connectivity index (χ1) is 12.9. The van der Waals surface area contributed by atoms with Crippen LogP contribution in [0.2, 0.25) is 10.0 Å². The quantitative estimate of drug-likeness (QED) is 0.651. The number of halogens is 2. The van der Waals surface area contributed by atoms with Crippen LogP contribution in [0.3, 0.4) is 0 Å². The molecule has 0 aliphatic heterocycles. The number of aromatic hydroxyl groups is 1. The van der Waals surface area contributed by atoms with Gasteiger partial charge in [0.15, 0.2) is 11.9 Å². The summed E-state index contributed by atoms with van der Waals surface area (Å²) in [5, 5.41) is 13.0. The Kier molecular flexibility index (Phi) is 5.78. The number of amides is 1. The summed E-state index contributed by atoms with van der Waals surface area (Å²) in [6, 6.07) is 11.4. The Balaban J connectivity index is 1.64. The Morgan fingerprint density at radius 3 is 2.52 bits per heavy atom. The maximum atomic E-state index is 12.3. The number of aromatic nitrogens is 2. The highest BCUT2D eigenvalue weighted by molar-refractivity contribution is 6.42. The van der Waals surface area contributed by atoms with Crippen molar-refractivity contribution >= 4 is 34.8 Å². The molecular formula is C19H15Cl2N3O3. The fourth-order valence-electron chi connectivity index (χ4n) is 2.24. The summed E-state index contributed by atoms with van der Waals surface area (Å²) in [6.07, 6.45) is 2.19. The fraction of sp³-hybridized carbons (Fsp3) is 0.105. The van der Waals surface area contributed by atoms with Crippen LogP contribution in [0.1, 0.15) is 6.92 Å². The molecule has 0 fully saturated rings. The Bertz CT molecular complexity index is 965. The summed E-state index contributed by atoms with van der Waals surface area (Å²) in [5.74, 6) is 0.628. The van der Waals surface area contributed by atoms with Crippen molar-refractivity contribution in [2.24, 2.45) is 0 Å². The third-order valence-corrected chi connectivity index (χ3v) is 4.34. The van der Waals surface area contributed by atoms with E-state index in [0.29, 0.717) is 32.9 Å². The molecule has 0 bridgehead atoms. The number of benzene rings is 2. The third-order valence-electron chi connectivity index (χ3n) is 3.60. The number of anilines is 1. The molecule has 3 aromatic rings. The van der Waals surface area contributed by atoms with Crippen molar-refractivity contribution in [2.45, 2.75) is 13.0 Å². The smallest absolute Gasteiger partial charge is 0.265 e. The zero-order valence-electron chi connectivity index (χ0n) is 14.2. The molecule has 0 spiro atoms. The summed E-state index contributed by atoms with van der Waals surface area (Å²) in [6.45, 7) is 1.61. The molecule has 138 valence electrons. The van der Waals surface area contributed by atoms with E-state index in [1.807, 2.05) is 0 Å². The molecule has 0 radical (unpaired) electrons. The Hall–Kier alpha value is -2.83. The minimum absolute atomic E-state index is 0.127. The van der Waals surface area contributed by atoms with Gasteiger partial charge in [-0.3, -0.25) is 4.79 Å². The third kappa shape index (κ3) is 4.87. The summed E-state index contributed by atoms with van der Waals surface area (Å²) in [5.41, 5.74) is 1.10. The van der Waals surface area contributed by atoms with E-state index in [0.717, 1.165) is 0 Å². The normalized spacial score (nSPS) is 11.7. The number of phenols is 1. The van der Waals surface area contributed by atoms with E-state index in [4.69, 9.17) is 27.9 Å². The predicted molar refractivity (Wildman–Crippen MR) is 104 cm³/mol. The summed E-state index contributed by atoms with van der Waals surface area (Å²) in [4.78, 5) is 20.7. The van der Waals surface area contributed by atoms with Gasteiger partial charge in [0.2, 0.25) is 0 Å². The van der Waals surface area contributed by atoms with Gasteiger partial charge in [-0.25, -0.2) is 9.97 Å². The molecule has 0 aliphatic carbocycles. The molecule has 1 heterocycles. The van der Waals surface area contributed by atoms with Crippen LogP contribution in [0.4, 0.5) is 5.69 Å². The number of ether oxygens (including phenoxy) is 1. The molecule has 6 nitrogen and oxygen atoms in total. The van der Waals surface area contributed by atoms with Crippen LogP contribution in [0.15, 0.2) is 54.9 Å². The molecule has 8 heteroatoms. The van der Waals surface area contributed by atoms with Crippen LogP contribution < -0.4 is 10.1 Å². The summed E-state index contributed by atoms with van der Waals surface area (Å²) in [7, 11) is 0. The number of hydrogen-bond acceptors (Lipinski definition) is 5. The van der Waals surface area contributed by atoms with Gasteiger partial charge in [0.1, 0.15) is 11.5 Å². The molecule has 1 unspecified atom stereocenters. The van der Waals surface area contributed by atoms with Crippen molar-refractivity contribution in [1.82, 2.24) is 9.97 Å². The van der Waals surface area contributed by atoms with Gasteiger partial charge in [-0.15, -0.1) is 0 Å². The van der Waals surface area contributed by atoms with E-state index >= 15 is 0 Å². The Morgan fingerprint density at radius 1 is 1.11 bits per heavy atom. The molecule has 1 atom stereocenters. The van der Waals surface area contributed by atoms with Gasteiger partial charge in [0.05, 0.1) is 28.1 Å². The lowest BCUT2D eigenvalue weighted by Gasteiger charge is -2.15. The first-order valence-electron chi connectivity index (χ1n) is 7.96. The van der Waals surface area contributed by atoms with Crippen LogP contribution in [-0.2, 0) is 4.79 Å². The first kappa shape index (κ1) is 18.9. The maximum absolute atomic E-state index is 12.3. The molecular weight excluding hydrogens is 389 g/mol. The molecule has 1 aromatic heterocycles. The standard InChI is InChI=1S/C19H15Cl2N3O3/c1-11(27-15-5-6-16(20)17(21)8-15)19(26)24-13-9-22-18(23-10-13)12-3-2-4-14(25)7-12/h2-11,25H,1H3,(H,24,26). The minimum atomic E-state index is -0.770. The van der Waals surface area contributed by atoms with Crippen molar-refractivity contribution in [3.8, 4) is 22.9 Å². The molecule has 3 rings (SSSR count). The Morgan fingerprint density at radius 2 is 1.85 bits per heavy atom. The van der Waals surface area contributed by atoms with Gasteiger partial charge in [-0.1, -0.05) is 35.3 Å². The topological polar surface area (TPSA) is 84.3 Å². The van der Waals surface area contributed by atoms with Crippen molar-refractivity contribution in [2.75, 3.05) is 5.32 Å². The number of hydrogen-bond donors (Lipinski definition) is 2. The number of nitrogens with zero attached hydrogens (tertiary/aromatic N) is 2. The second-order valence-corrected chi connectivity index (χ2v) is 6.49. The van der Waals surface area contributed by atoms with Gasteiger partial charge in [0.25, 0.3) is 5.91 Å². The lowest BCUT2D eigenvalue weighted by atomic mass is 10.2. The highest BCUT2D eigenvalue weighted by Crippen LogP contribution is 2.27. The summed E-state index contributed by atoms with van der Waals surface area (Å²) >= 11 is 11.8. The van der Waals surface area contributed by atoms with E-state index in [9.17, 15) is 9.90 Å². The van der Waals surface area contributed by atoms with E-state index in [2.05, 4.69) is 15.3 Å². The van der Waals surface area contributed by atoms with Crippen LogP contribution in [0.5, 0.6) is 11.5 Å². The largest absolute Gasteiger partial charge is 0.508 e. The van der Waals surface area contributed by atoms with Gasteiger partial charge in [-0.2, -0.15) is 0 Å². The average Bonchev–Trinajstić information content (AvgIpc) is 2.65. The lowest BCUT2D eigenvalue weighted by molar-refractivity contribution is -0.122. The van der Waals surface area contributed by atoms with E-state index in [-0.39, 0.29) is 11.7 Å². The monoisotopic (exact) mass is 403 g/mol. The molecule has 2 aromatic carbocycles. The maximum Gasteiger partial charge on any atom is 0.265 e. The van der Waals surface area contributed by atoms with Crippen LogP contribution in [-0.4, -0.2) is 27.1 Å². The fourth-order valence-corrected chi connectivity index (χ4v) is 2.53. The number of carbonyl (C=O) groups is 1. The molecule has 2 N–H and O–H groups in total. The molecule has 0 saturated heterocycles. The number of nitrogens with one attached hydrogen (secondary N) is 1. The number of phenolic OH excluding ortho intramolecular Hbond substituents is 1. The molecule has 0 saturated carbocycles. The second-order valence-electron chi connectivity index (χ2n) is 5.67. The van der Waals surface area contributed by atoms with Crippen molar-refractivity contribution < 1.29 is 14.6 Å². The van der Waals surface area contributed by atoms with Crippen LogP contribution >= 0.6 is 23.2 Å². The van der Waals surface area contributed by atoms with E-state index in [1.54, 1.807) is 49.4 Å². The van der Waals surface area contributed by atoms with Crippen molar-refractivity contribution in [3.63, 3.8) is 0 Å². The lowest BCUT2D eigenvalue weighted by Crippen LogP contribution is -2.30. The predicted octanol–water partition coefficient (Wildman–Crippen LogP) is 4.56. The SMILES string of the molecule is CC(Oc1ccc(Cl)c(Cl)c1)C(=O)Nc1cnc(-c2cccc(O)c2)nc1. The first-order valence-corrected chi connectivity index (χ1v) is 8.72. The molecule has 0 aliphatic rings. The van der Waals surface area contributed by atoms with Gasteiger partial charge < -0.3 is 15.2 Å².